The van der Waals surface area contributed by atoms with Crippen molar-refractivity contribution >= 4 is 18.0 Å². The molecule has 1 saturated heterocycles. The van der Waals surface area contributed by atoms with E-state index < -0.39 is 18.3 Å². The minimum absolute atomic E-state index is 0.0560. The Hall–Kier alpha value is -3.89. The number of aromatic nitrogens is 3. The van der Waals surface area contributed by atoms with E-state index >= 15 is 0 Å². The molecule has 1 amide bonds. The average molecular weight is 473 g/mol. The van der Waals surface area contributed by atoms with Crippen LogP contribution in [0.3, 0.4) is 0 Å². The number of benzene rings is 2. The summed E-state index contributed by atoms with van der Waals surface area (Å²) in [6.45, 7) is 3.53. The van der Waals surface area contributed by atoms with Gasteiger partial charge in [0.15, 0.2) is 6.04 Å². The van der Waals surface area contributed by atoms with Gasteiger partial charge in [0, 0.05) is 0 Å². The number of alkyl halides is 3. The van der Waals surface area contributed by atoms with E-state index in [2.05, 4.69) is 20.3 Å². The molecule has 178 valence electrons. The van der Waals surface area contributed by atoms with E-state index in [-0.39, 0.29) is 35.9 Å². The van der Waals surface area contributed by atoms with E-state index in [1.54, 1.807) is 24.3 Å². The molecule has 1 N–H and O–H groups in total. The molecule has 2 heterocycles. The fourth-order valence-electron chi connectivity index (χ4n) is 3.48. The number of ether oxygens (including phenoxy) is 2. The molecule has 2 aromatic carbocycles. The van der Waals surface area contributed by atoms with Crippen molar-refractivity contribution in [2.75, 3.05) is 16.8 Å². The van der Waals surface area contributed by atoms with Gasteiger partial charge in [-0.2, -0.15) is 28.1 Å². The Kier molecular flexibility index (Phi) is 6.53. The first kappa shape index (κ1) is 23.3. The third kappa shape index (κ3) is 5.19. The van der Waals surface area contributed by atoms with Crippen molar-refractivity contribution in [2.24, 2.45) is 0 Å². The normalized spacial score (nSPS) is 16.8. The van der Waals surface area contributed by atoms with E-state index in [0.29, 0.717) is 17.9 Å². The number of anilines is 2. The van der Waals surface area contributed by atoms with E-state index in [1.807, 2.05) is 13.0 Å². The highest BCUT2D eigenvalue weighted by Crippen LogP contribution is 2.36. The smallest absolute Gasteiger partial charge is 0.417 e. The van der Waals surface area contributed by atoms with Crippen molar-refractivity contribution < 1.29 is 27.4 Å². The van der Waals surface area contributed by atoms with E-state index in [9.17, 15) is 18.0 Å². The van der Waals surface area contributed by atoms with Crippen LogP contribution in [0.4, 0.5) is 29.9 Å². The maximum Gasteiger partial charge on any atom is 0.417 e. The number of carbonyl (C=O) groups is 1. The molecule has 0 bridgehead atoms. The highest BCUT2D eigenvalue weighted by atomic mass is 19.4. The molecule has 1 aliphatic heterocycles. The second-order valence-electron chi connectivity index (χ2n) is 7.62. The number of nitrogens with one attached hydrogen (secondary N) is 1. The lowest BCUT2D eigenvalue weighted by atomic mass is 10.1. The Labute approximate surface area is 193 Å². The maximum absolute atomic E-state index is 14.0. The Morgan fingerprint density at radius 2 is 1.76 bits per heavy atom. The van der Waals surface area contributed by atoms with E-state index in [1.165, 1.54) is 36.1 Å². The molecule has 4 rings (SSSR count). The summed E-state index contributed by atoms with van der Waals surface area (Å²) >= 11 is 0. The van der Waals surface area contributed by atoms with Gasteiger partial charge in [0.05, 0.1) is 6.04 Å². The molecule has 3 aromatic rings. The van der Waals surface area contributed by atoms with Gasteiger partial charge in [-0.1, -0.05) is 37.3 Å². The van der Waals surface area contributed by atoms with Gasteiger partial charge >= 0.3 is 12.3 Å². The molecule has 0 spiro atoms. The molecule has 11 heteroatoms. The van der Waals surface area contributed by atoms with Gasteiger partial charge in [-0.05, 0) is 43.2 Å². The number of aryl methyl sites for hydroxylation is 1. The Balaban J connectivity index is 1.59. The number of halogens is 3. The fourth-order valence-corrected chi connectivity index (χ4v) is 3.48. The van der Waals surface area contributed by atoms with Gasteiger partial charge in [0.1, 0.15) is 23.9 Å². The molecule has 0 radical (unpaired) electrons. The third-order valence-electron chi connectivity index (χ3n) is 5.18. The topological polar surface area (TPSA) is 89.5 Å². The van der Waals surface area contributed by atoms with E-state index in [4.69, 9.17) is 9.47 Å². The van der Waals surface area contributed by atoms with Crippen LogP contribution in [-0.4, -0.2) is 39.9 Å². The zero-order chi connectivity index (χ0) is 24.3. The molecule has 2 atom stereocenters. The Bertz CT molecular complexity index is 1140. The molecular formula is C23H22F3N5O3. The summed E-state index contributed by atoms with van der Waals surface area (Å²) in [7, 11) is 0. The predicted molar refractivity (Wildman–Crippen MR) is 118 cm³/mol. The minimum Gasteiger partial charge on any atom is -0.457 e. The third-order valence-corrected chi connectivity index (χ3v) is 5.18. The van der Waals surface area contributed by atoms with Crippen LogP contribution in [0.15, 0.2) is 54.6 Å². The number of cyclic esters (lactones) is 1. The van der Waals surface area contributed by atoms with Crippen molar-refractivity contribution in [2.45, 2.75) is 38.5 Å². The van der Waals surface area contributed by atoms with Crippen molar-refractivity contribution in [3.05, 3.63) is 66.0 Å². The molecule has 1 aromatic heterocycles. The number of amides is 1. The Morgan fingerprint density at radius 3 is 2.41 bits per heavy atom. The monoisotopic (exact) mass is 473 g/mol. The van der Waals surface area contributed by atoms with E-state index in [0.717, 1.165) is 0 Å². The fraction of sp³-hybridized carbons (Fsp3) is 0.304. The molecule has 1 fully saturated rings. The minimum atomic E-state index is -4.65. The summed E-state index contributed by atoms with van der Waals surface area (Å²) < 4.78 is 52.6. The van der Waals surface area contributed by atoms with Crippen molar-refractivity contribution in [1.29, 1.82) is 0 Å². The van der Waals surface area contributed by atoms with Crippen molar-refractivity contribution in [1.82, 2.24) is 15.0 Å². The number of para-hydroxylation sites is 1. The van der Waals surface area contributed by atoms with Gasteiger partial charge in [-0.25, -0.2) is 9.69 Å². The summed E-state index contributed by atoms with van der Waals surface area (Å²) in [5.74, 6) is 0.766. The van der Waals surface area contributed by atoms with Gasteiger partial charge < -0.3 is 14.8 Å². The van der Waals surface area contributed by atoms with Crippen LogP contribution < -0.4 is 15.0 Å². The average Bonchev–Trinajstić information content (AvgIpc) is 3.18. The summed E-state index contributed by atoms with van der Waals surface area (Å²) in [6.07, 6.45) is -4.73. The van der Waals surface area contributed by atoms with Gasteiger partial charge in [-0.15, -0.1) is 0 Å². The summed E-state index contributed by atoms with van der Waals surface area (Å²) in [5, 5.41) is 2.35. The molecular weight excluding hydrogens is 451 g/mol. The first-order valence-electron chi connectivity index (χ1n) is 10.6. The Morgan fingerprint density at radius 1 is 1.09 bits per heavy atom. The standard InChI is InChI=1S/C23H22F3N5O3/c1-3-16-13-33-22(32)31(16)21-28-14(2)27-20(30-21)29-19(23(24,25)26)15-9-11-18(12-10-15)34-17-7-5-4-6-8-17/h4-12,16,19H,3,13H2,1-2H3,(H,27,28,29,30)/t16-,19-/m0/s1. The van der Waals surface area contributed by atoms with Crippen LogP contribution in [-0.2, 0) is 4.74 Å². The first-order chi connectivity index (χ1) is 16.2. The second kappa shape index (κ2) is 9.54. The zero-order valence-corrected chi connectivity index (χ0v) is 18.4. The molecule has 34 heavy (non-hydrogen) atoms. The van der Waals surface area contributed by atoms with Crippen LogP contribution in [0.25, 0.3) is 0 Å². The van der Waals surface area contributed by atoms with Crippen molar-refractivity contribution in [3.63, 3.8) is 0 Å². The number of hydrogen-bond acceptors (Lipinski definition) is 7. The lowest BCUT2D eigenvalue weighted by Gasteiger charge is -2.23. The van der Waals surface area contributed by atoms with Gasteiger partial charge in [0.25, 0.3) is 0 Å². The lowest BCUT2D eigenvalue weighted by molar-refractivity contribution is -0.144. The van der Waals surface area contributed by atoms with Crippen LogP contribution in [0.1, 0.15) is 30.8 Å². The number of hydrogen-bond donors (Lipinski definition) is 1. The first-order valence-corrected chi connectivity index (χ1v) is 10.6. The van der Waals surface area contributed by atoms with Crippen molar-refractivity contribution in [3.8, 4) is 11.5 Å². The maximum atomic E-state index is 14.0. The highest BCUT2D eigenvalue weighted by molar-refractivity contribution is 5.88. The number of nitrogens with zero attached hydrogens (tertiary/aromatic N) is 4. The summed E-state index contributed by atoms with van der Waals surface area (Å²) in [5.41, 5.74) is -0.0560. The quantitative estimate of drug-likeness (QED) is 0.490. The van der Waals surface area contributed by atoms with Gasteiger partial charge in [-0.3, -0.25) is 0 Å². The predicted octanol–water partition coefficient (Wildman–Crippen LogP) is 5.42. The summed E-state index contributed by atoms with van der Waals surface area (Å²) in [4.78, 5) is 25.6. The molecule has 0 aliphatic carbocycles. The summed E-state index contributed by atoms with van der Waals surface area (Å²) in [6, 6.07) is 12.1. The number of carbonyl (C=O) groups excluding carboxylic acids is 1. The van der Waals surface area contributed by atoms with Gasteiger partial charge in [0.2, 0.25) is 11.9 Å². The van der Waals surface area contributed by atoms with Crippen LogP contribution in [0, 0.1) is 6.92 Å². The molecule has 8 nitrogen and oxygen atoms in total. The van der Waals surface area contributed by atoms with Crippen LogP contribution in [0.2, 0.25) is 0 Å². The second-order valence-corrected chi connectivity index (χ2v) is 7.62. The zero-order valence-electron chi connectivity index (χ0n) is 18.4. The number of rotatable bonds is 7. The molecule has 0 unspecified atom stereocenters. The van der Waals surface area contributed by atoms with Crippen LogP contribution in [0.5, 0.6) is 11.5 Å². The molecule has 1 aliphatic rings. The highest BCUT2D eigenvalue weighted by Gasteiger charge is 2.42. The molecule has 0 saturated carbocycles. The largest absolute Gasteiger partial charge is 0.457 e. The lowest BCUT2D eigenvalue weighted by Crippen LogP contribution is -2.35. The van der Waals surface area contributed by atoms with Crippen LogP contribution >= 0.6 is 0 Å². The SMILES string of the molecule is CC[C@H]1COC(=O)N1c1nc(C)nc(N[C@@H](c2ccc(Oc3ccccc3)cc2)C(F)(F)F)n1.